The van der Waals surface area contributed by atoms with E-state index >= 15 is 0 Å². The SMILES string of the molecule is CC(C)(C)c1n[nH]c(F)n1. The monoisotopic (exact) mass is 143 g/mol. The van der Waals surface area contributed by atoms with Crippen molar-refractivity contribution >= 4 is 0 Å². The number of nitrogens with zero attached hydrogens (tertiary/aromatic N) is 2. The van der Waals surface area contributed by atoms with Gasteiger partial charge in [0.1, 0.15) is 0 Å². The summed E-state index contributed by atoms with van der Waals surface area (Å²) >= 11 is 0. The van der Waals surface area contributed by atoms with Crippen molar-refractivity contribution in [2.24, 2.45) is 0 Å². The molecule has 4 heteroatoms. The molecule has 1 heterocycles. The quantitative estimate of drug-likeness (QED) is 0.593. The molecule has 0 radical (unpaired) electrons. The van der Waals surface area contributed by atoms with Crippen LogP contribution < -0.4 is 0 Å². The fourth-order valence-electron chi connectivity index (χ4n) is 0.577. The van der Waals surface area contributed by atoms with Crippen LogP contribution in [-0.4, -0.2) is 15.2 Å². The molecule has 1 aromatic heterocycles. The van der Waals surface area contributed by atoms with Gasteiger partial charge in [-0.15, -0.1) is 0 Å². The highest BCUT2D eigenvalue weighted by Gasteiger charge is 2.18. The molecule has 0 aromatic carbocycles. The largest absolute Gasteiger partial charge is 0.304 e. The van der Waals surface area contributed by atoms with Gasteiger partial charge in [-0.2, -0.15) is 14.5 Å². The molecule has 0 aliphatic carbocycles. The topological polar surface area (TPSA) is 41.6 Å². The molecule has 0 unspecified atom stereocenters. The molecule has 0 spiro atoms. The minimum atomic E-state index is -0.620. The second-order valence-electron chi connectivity index (χ2n) is 3.20. The Hall–Kier alpha value is -0.930. The van der Waals surface area contributed by atoms with E-state index in [0.717, 1.165) is 0 Å². The van der Waals surface area contributed by atoms with Crippen LogP contribution >= 0.6 is 0 Å². The number of nitrogens with one attached hydrogen (secondary N) is 1. The second-order valence-corrected chi connectivity index (χ2v) is 3.20. The van der Waals surface area contributed by atoms with Gasteiger partial charge in [0.05, 0.1) is 0 Å². The van der Waals surface area contributed by atoms with Crippen molar-refractivity contribution in [2.75, 3.05) is 0 Å². The summed E-state index contributed by atoms with van der Waals surface area (Å²) in [6.07, 6.45) is -0.620. The van der Waals surface area contributed by atoms with Crippen LogP contribution in [0.5, 0.6) is 0 Å². The lowest BCUT2D eigenvalue weighted by Crippen LogP contribution is -2.13. The molecular weight excluding hydrogens is 133 g/mol. The second kappa shape index (κ2) is 2.04. The Morgan fingerprint density at radius 1 is 1.40 bits per heavy atom. The Morgan fingerprint density at radius 3 is 2.20 bits per heavy atom. The Balaban J connectivity index is 2.96. The molecule has 0 aliphatic rings. The van der Waals surface area contributed by atoms with Gasteiger partial charge in [-0.05, 0) is 0 Å². The van der Waals surface area contributed by atoms with E-state index in [9.17, 15) is 4.39 Å². The van der Waals surface area contributed by atoms with Gasteiger partial charge < -0.3 is 0 Å². The van der Waals surface area contributed by atoms with Gasteiger partial charge in [-0.1, -0.05) is 20.8 Å². The van der Waals surface area contributed by atoms with Crippen molar-refractivity contribution in [2.45, 2.75) is 26.2 Å². The maximum atomic E-state index is 12.2. The minimum absolute atomic E-state index is 0.180. The summed E-state index contributed by atoms with van der Waals surface area (Å²) in [6, 6.07) is 0. The lowest BCUT2D eigenvalue weighted by atomic mass is 9.96. The first kappa shape index (κ1) is 7.18. The van der Waals surface area contributed by atoms with E-state index in [4.69, 9.17) is 0 Å². The van der Waals surface area contributed by atoms with Gasteiger partial charge in [0.2, 0.25) is 0 Å². The summed E-state index contributed by atoms with van der Waals surface area (Å²) in [4.78, 5) is 3.55. The molecule has 0 saturated carbocycles. The lowest BCUT2D eigenvalue weighted by Gasteiger charge is -2.11. The van der Waals surface area contributed by atoms with E-state index < -0.39 is 6.08 Å². The zero-order valence-electron chi connectivity index (χ0n) is 6.27. The Bertz CT molecular complexity index is 223. The first-order valence-electron chi connectivity index (χ1n) is 3.08. The fraction of sp³-hybridized carbons (Fsp3) is 0.667. The zero-order chi connectivity index (χ0) is 7.78. The Morgan fingerprint density at radius 2 is 2.00 bits per heavy atom. The summed E-state index contributed by atoms with van der Waals surface area (Å²) in [6.45, 7) is 5.78. The van der Waals surface area contributed by atoms with Gasteiger partial charge in [-0.3, -0.25) is 0 Å². The van der Waals surface area contributed by atoms with Crippen LogP contribution in [0.3, 0.4) is 0 Å². The van der Waals surface area contributed by atoms with Crippen molar-refractivity contribution in [1.82, 2.24) is 15.2 Å². The summed E-state index contributed by atoms with van der Waals surface area (Å²) in [5.74, 6) is 0.505. The van der Waals surface area contributed by atoms with Gasteiger partial charge in [-0.25, -0.2) is 5.10 Å². The molecule has 0 amide bonds. The van der Waals surface area contributed by atoms with Crippen molar-refractivity contribution in [1.29, 1.82) is 0 Å². The fourth-order valence-corrected chi connectivity index (χ4v) is 0.577. The summed E-state index contributed by atoms with van der Waals surface area (Å²) in [5, 5.41) is 5.82. The molecule has 1 N–H and O–H groups in total. The average molecular weight is 143 g/mol. The third kappa shape index (κ3) is 1.32. The third-order valence-electron chi connectivity index (χ3n) is 1.13. The molecular formula is C6H10FN3. The number of aromatic nitrogens is 3. The Labute approximate surface area is 58.7 Å². The van der Waals surface area contributed by atoms with Crippen LogP contribution in [0.4, 0.5) is 4.39 Å². The highest BCUT2D eigenvalue weighted by molar-refractivity contribution is 4.97. The van der Waals surface area contributed by atoms with Crippen molar-refractivity contribution < 1.29 is 4.39 Å². The predicted molar refractivity (Wildman–Crippen MR) is 35.0 cm³/mol. The van der Waals surface area contributed by atoms with Crippen LogP contribution in [-0.2, 0) is 5.41 Å². The van der Waals surface area contributed by atoms with Crippen molar-refractivity contribution in [3.8, 4) is 0 Å². The number of rotatable bonds is 0. The molecule has 0 fully saturated rings. The predicted octanol–water partition coefficient (Wildman–Crippen LogP) is 1.24. The van der Waals surface area contributed by atoms with Gasteiger partial charge in [0.25, 0.3) is 0 Å². The number of halogens is 1. The maximum Gasteiger partial charge on any atom is 0.304 e. The van der Waals surface area contributed by atoms with Crippen LogP contribution in [0.25, 0.3) is 0 Å². The third-order valence-corrected chi connectivity index (χ3v) is 1.13. The minimum Gasteiger partial charge on any atom is -0.235 e. The van der Waals surface area contributed by atoms with Gasteiger partial charge in [0.15, 0.2) is 5.82 Å². The normalized spacial score (nSPS) is 12.0. The van der Waals surface area contributed by atoms with Crippen LogP contribution in [0, 0.1) is 6.08 Å². The van der Waals surface area contributed by atoms with Gasteiger partial charge in [0, 0.05) is 5.41 Å². The molecule has 1 rings (SSSR count). The maximum absolute atomic E-state index is 12.2. The average Bonchev–Trinajstić information content (AvgIpc) is 2.11. The van der Waals surface area contributed by atoms with E-state index in [0.29, 0.717) is 5.82 Å². The standard InChI is InChI=1S/C6H10FN3/c1-6(2,3)4-8-5(7)10-9-4/h1-3H3,(H,8,9,10). The van der Waals surface area contributed by atoms with E-state index in [1.807, 2.05) is 20.8 Å². The zero-order valence-corrected chi connectivity index (χ0v) is 6.27. The number of hydrogen-bond donors (Lipinski definition) is 1. The summed E-state index contributed by atoms with van der Waals surface area (Å²) in [5.41, 5.74) is -0.180. The first-order chi connectivity index (χ1) is 4.50. The molecule has 1 aromatic rings. The van der Waals surface area contributed by atoms with E-state index in [1.54, 1.807) is 0 Å². The number of H-pyrrole nitrogens is 1. The number of aromatic amines is 1. The molecule has 0 bridgehead atoms. The molecule has 3 nitrogen and oxygen atoms in total. The molecule has 0 atom stereocenters. The van der Waals surface area contributed by atoms with E-state index in [2.05, 4.69) is 15.2 Å². The van der Waals surface area contributed by atoms with E-state index in [-0.39, 0.29) is 5.41 Å². The molecule has 0 saturated heterocycles. The van der Waals surface area contributed by atoms with Gasteiger partial charge >= 0.3 is 6.08 Å². The summed E-state index contributed by atoms with van der Waals surface area (Å²) in [7, 11) is 0. The van der Waals surface area contributed by atoms with Crippen LogP contribution in [0.1, 0.15) is 26.6 Å². The van der Waals surface area contributed by atoms with Crippen molar-refractivity contribution in [3.05, 3.63) is 11.9 Å². The van der Waals surface area contributed by atoms with Crippen molar-refractivity contribution in [3.63, 3.8) is 0 Å². The lowest BCUT2D eigenvalue weighted by molar-refractivity contribution is 0.525. The Kier molecular flexibility index (Phi) is 1.46. The molecule has 10 heavy (non-hydrogen) atoms. The highest BCUT2D eigenvalue weighted by Crippen LogP contribution is 2.16. The highest BCUT2D eigenvalue weighted by atomic mass is 19.1. The first-order valence-corrected chi connectivity index (χ1v) is 3.08. The van der Waals surface area contributed by atoms with E-state index in [1.165, 1.54) is 0 Å². The number of hydrogen-bond acceptors (Lipinski definition) is 2. The molecule has 0 aliphatic heterocycles. The van der Waals surface area contributed by atoms with Crippen LogP contribution in [0.2, 0.25) is 0 Å². The summed E-state index contributed by atoms with van der Waals surface area (Å²) < 4.78 is 12.2. The molecule has 56 valence electrons. The smallest absolute Gasteiger partial charge is 0.235 e. The van der Waals surface area contributed by atoms with Crippen LogP contribution in [0.15, 0.2) is 0 Å².